The Kier molecular flexibility index (Phi) is 6.45. The van der Waals surface area contributed by atoms with Crippen LogP contribution in [0, 0.1) is 5.82 Å². The van der Waals surface area contributed by atoms with Crippen LogP contribution >= 0.6 is 12.4 Å². The van der Waals surface area contributed by atoms with Gasteiger partial charge in [-0.1, -0.05) is 0 Å². The maximum atomic E-state index is 14.2. The maximum absolute atomic E-state index is 14.2. The average Bonchev–Trinajstić information content (AvgIpc) is 3.15. The summed E-state index contributed by atoms with van der Waals surface area (Å²) in [5.74, 6) is -1.01. The number of nitrogens with one attached hydrogen (secondary N) is 2. The molecule has 0 saturated carbocycles. The van der Waals surface area contributed by atoms with Crippen LogP contribution in [-0.2, 0) is 21.9 Å². The minimum atomic E-state index is -3.51. The van der Waals surface area contributed by atoms with Crippen LogP contribution in [0.2, 0.25) is 0 Å². The predicted octanol–water partition coefficient (Wildman–Crippen LogP) is 1.42. The van der Waals surface area contributed by atoms with E-state index >= 15 is 0 Å². The molecule has 1 aromatic carbocycles. The van der Waals surface area contributed by atoms with Crippen LogP contribution in [0.25, 0.3) is 0 Å². The summed E-state index contributed by atoms with van der Waals surface area (Å²) in [7, 11) is -0.122. The van der Waals surface area contributed by atoms with E-state index in [1.807, 2.05) is 0 Å². The van der Waals surface area contributed by atoms with E-state index in [0.717, 1.165) is 10.4 Å². The first-order chi connectivity index (χ1) is 12.3. The van der Waals surface area contributed by atoms with Gasteiger partial charge in [0.25, 0.3) is 0 Å². The van der Waals surface area contributed by atoms with E-state index in [1.54, 1.807) is 31.2 Å². The van der Waals surface area contributed by atoms with Crippen molar-refractivity contribution in [2.45, 2.75) is 12.5 Å². The fourth-order valence-electron chi connectivity index (χ4n) is 2.94. The Morgan fingerprint density at radius 3 is 2.67 bits per heavy atom. The Morgan fingerprint density at radius 2 is 2.11 bits per heavy atom. The first-order valence-electron chi connectivity index (χ1n) is 8.08. The lowest BCUT2D eigenvalue weighted by Gasteiger charge is -2.19. The second-order valence-electron chi connectivity index (χ2n) is 6.07. The summed E-state index contributed by atoms with van der Waals surface area (Å²) in [6.07, 6.45) is 3.74. The van der Waals surface area contributed by atoms with E-state index in [1.165, 1.54) is 12.1 Å². The monoisotopic (exact) mass is 417 g/mol. The zero-order valence-electron chi connectivity index (χ0n) is 14.8. The van der Waals surface area contributed by atoms with Gasteiger partial charge in [0.2, 0.25) is 15.9 Å². The molecule has 1 aliphatic rings. The van der Waals surface area contributed by atoms with E-state index in [4.69, 9.17) is 0 Å². The van der Waals surface area contributed by atoms with Gasteiger partial charge in [0, 0.05) is 31.0 Å². The van der Waals surface area contributed by atoms with Crippen molar-refractivity contribution < 1.29 is 17.6 Å². The van der Waals surface area contributed by atoms with E-state index < -0.39 is 21.9 Å². The summed E-state index contributed by atoms with van der Waals surface area (Å²) < 4.78 is 40.9. The van der Waals surface area contributed by atoms with Crippen LogP contribution in [0.1, 0.15) is 18.0 Å². The molecule has 1 atom stereocenters. The molecule has 1 saturated heterocycles. The number of aryl methyl sites for hydroxylation is 1. The highest BCUT2D eigenvalue weighted by Gasteiger charge is 2.30. The van der Waals surface area contributed by atoms with Gasteiger partial charge in [-0.2, -0.15) is 5.10 Å². The van der Waals surface area contributed by atoms with E-state index in [-0.39, 0.29) is 36.3 Å². The predicted molar refractivity (Wildman–Crippen MR) is 103 cm³/mol. The number of amides is 1. The van der Waals surface area contributed by atoms with Gasteiger partial charge in [-0.05, 0) is 31.7 Å². The fourth-order valence-corrected chi connectivity index (χ4v) is 4.51. The molecule has 0 aliphatic carbocycles. The van der Waals surface area contributed by atoms with Crippen LogP contribution in [0.3, 0.4) is 0 Å². The molecule has 0 spiro atoms. The van der Waals surface area contributed by atoms with Crippen molar-refractivity contribution in [2.24, 2.45) is 7.05 Å². The molecule has 0 radical (unpaired) electrons. The van der Waals surface area contributed by atoms with Gasteiger partial charge in [0.15, 0.2) is 0 Å². The molecular formula is C16H21ClFN5O3S. The number of aromatic nitrogens is 2. The van der Waals surface area contributed by atoms with E-state index in [9.17, 15) is 17.6 Å². The number of nitrogens with zero attached hydrogens (tertiary/aromatic N) is 3. The number of sulfonamides is 1. The number of anilines is 2. The average molecular weight is 418 g/mol. The Bertz CT molecular complexity index is 934. The molecule has 0 bridgehead atoms. The summed E-state index contributed by atoms with van der Waals surface area (Å²) >= 11 is 0. The van der Waals surface area contributed by atoms with Crippen LogP contribution in [0.5, 0.6) is 0 Å². The van der Waals surface area contributed by atoms with E-state index in [2.05, 4.69) is 15.7 Å². The zero-order valence-corrected chi connectivity index (χ0v) is 16.5. The largest absolute Gasteiger partial charge is 0.324 e. The van der Waals surface area contributed by atoms with Gasteiger partial charge in [0.05, 0.1) is 17.6 Å². The minimum absolute atomic E-state index is 0. The third-order valence-electron chi connectivity index (χ3n) is 4.19. The third kappa shape index (κ3) is 4.40. The third-order valence-corrected chi connectivity index (χ3v) is 6.05. The van der Waals surface area contributed by atoms with Crippen LogP contribution in [0.15, 0.2) is 30.6 Å². The SMILES string of the molecule is CNC(C(=O)Nc1ccc(F)c(N2CCCS2(=O)=O)c1)c1cnn(C)c1.Cl. The van der Waals surface area contributed by atoms with Crippen molar-refractivity contribution in [1.82, 2.24) is 15.1 Å². The lowest BCUT2D eigenvalue weighted by molar-refractivity contribution is -0.118. The van der Waals surface area contributed by atoms with Crippen LogP contribution < -0.4 is 14.9 Å². The second kappa shape index (κ2) is 8.24. The summed E-state index contributed by atoms with van der Waals surface area (Å²) in [5, 5.41) is 9.64. The van der Waals surface area contributed by atoms with Gasteiger partial charge in [-0.3, -0.25) is 13.8 Å². The Labute approximate surface area is 163 Å². The molecule has 1 unspecified atom stereocenters. The summed E-state index contributed by atoms with van der Waals surface area (Å²) in [4.78, 5) is 12.6. The number of likely N-dealkylation sites (N-methyl/N-ethyl adjacent to an activating group) is 1. The molecule has 1 amide bonds. The smallest absolute Gasteiger partial charge is 0.246 e. The second-order valence-corrected chi connectivity index (χ2v) is 8.08. The number of carbonyl (C=O) groups is 1. The molecule has 3 rings (SSSR count). The van der Waals surface area contributed by atoms with Crippen LogP contribution in [0.4, 0.5) is 15.8 Å². The van der Waals surface area contributed by atoms with Crippen molar-refractivity contribution in [3.8, 4) is 0 Å². The molecule has 11 heteroatoms. The van der Waals surface area contributed by atoms with Gasteiger partial charge >= 0.3 is 0 Å². The molecule has 148 valence electrons. The number of rotatable bonds is 5. The Hall–Kier alpha value is -2.17. The molecule has 1 aliphatic heterocycles. The van der Waals surface area contributed by atoms with Crippen molar-refractivity contribution in [2.75, 3.05) is 29.0 Å². The van der Waals surface area contributed by atoms with E-state index in [0.29, 0.717) is 17.7 Å². The quantitative estimate of drug-likeness (QED) is 0.767. The molecule has 27 heavy (non-hydrogen) atoms. The van der Waals surface area contributed by atoms with Crippen molar-refractivity contribution in [3.05, 3.63) is 42.0 Å². The fraction of sp³-hybridized carbons (Fsp3) is 0.375. The molecule has 1 aromatic heterocycles. The number of benzene rings is 1. The van der Waals surface area contributed by atoms with Crippen molar-refractivity contribution in [3.63, 3.8) is 0 Å². The first kappa shape index (κ1) is 21.1. The number of halogens is 2. The first-order valence-corrected chi connectivity index (χ1v) is 9.69. The van der Waals surface area contributed by atoms with Gasteiger partial charge < -0.3 is 10.6 Å². The highest BCUT2D eigenvalue weighted by atomic mass is 35.5. The standard InChI is InChI=1S/C16H20FN5O3S.ClH/c1-18-15(11-9-19-21(2)10-11)16(23)20-12-4-5-13(17)14(8-12)22-6-3-7-26(22,24)25;/h4-5,8-10,15,18H,3,6-7H2,1-2H3,(H,20,23);1H. The summed E-state index contributed by atoms with van der Waals surface area (Å²) in [6.45, 7) is 0.228. The highest BCUT2D eigenvalue weighted by Crippen LogP contribution is 2.29. The molecular weight excluding hydrogens is 397 g/mol. The van der Waals surface area contributed by atoms with Gasteiger partial charge in [0.1, 0.15) is 11.9 Å². The molecule has 1 fully saturated rings. The lowest BCUT2D eigenvalue weighted by Crippen LogP contribution is -2.30. The minimum Gasteiger partial charge on any atom is -0.324 e. The molecule has 2 heterocycles. The van der Waals surface area contributed by atoms with Crippen molar-refractivity contribution >= 4 is 39.7 Å². The molecule has 2 aromatic rings. The zero-order chi connectivity index (χ0) is 18.9. The van der Waals surface area contributed by atoms with Crippen LogP contribution in [-0.4, -0.2) is 43.5 Å². The Morgan fingerprint density at radius 1 is 1.37 bits per heavy atom. The number of hydrogen-bond donors (Lipinski definition) is 2. The normalized spacial score (nSPS) is 16.6. The summed E-state index contributed by atoms with van der Waals surface area (Å²) in [5.41, 5.74) is 0.942. The number of carbonyl (C=O) groups excluding carboxylic acids is 1. The highest BCUT2D eigenvalue weighted by molar-refractivity contribution is 7.93. The van der Waals surface area contributed by atoms with Gasteiger partial charge in [-0.25, -0.2) is 12.8 Å². The Balaban J connectivity index is 0.00000261. The maximum Gasteiger partial charge on any atom is 0.246 e. The van der Waals surface area contributed by atoms with Crippen molar-refractivity contribution in [1.29, 1.82) is 0 Å². The van der Waals surface area contributed by atoms with Gasteiger partial charge in [-0.15, -0.1) is 12.4 Å². The topological polar surface area (TPSA) is 96.3 Å². The molecule has 2 N–H and O–H groups in total. The number of hydrogen-bond acceptors (Lipinski definition) is 5. The lowest BCUT2D eigenvalue weighted by atomic mass is 10.1. The molecule has 8 nitrogen and oxygen atoms in total. The summed E-state index contributed by atoms with van der Waals surface area (Å²) in [6, 6.07) is 3.24.